The number of ether oxygens (including phenoxy) is 2. The lowest BCUT2D eigenvalue weighted by atomic mass is 10.1. The normalized spacial score (nSPS) is 11.8. The molecule has 3 N–H and O–H groups in total. The first-order chi connectivity index (χ1) is 10.2. The van der Waals surface area contributed by atoms with Crippen LogP contribution in [0.3, 0.4) is 0 Å². The quantitative estimate of drug-likeness (QED) is 0.858. The lowest BCUT2D eigenvalue weighted by molar-refractivity contribution is 0.415. The number of hydrogen-bond donors (Lipinski definition) is 2. The lowest BCUT2D eigenvalue weighted by Crippen LogP contribution is -2.20. The molecule has 0 amide bonds. The molecule has 0 radical (unpaired) electrons. The molecule has 0 saturated carbocycles. The number of rotatable bonds is 6. The van der Waals surface area contributed by atoms with Crippen molar-refractivity contribution in [2.24, 2.45) is 5.73 Å². The highest BCUT2D eigenvalue weighted by Gasteiger charge is 2.12. The fraction of sp³-hybridized carbons (Fsp3) is 0.250. The molecule has 21 heavy (non-hydrogen) atoms. The number of halogens is 1. The second-order valence-corrected chi connectivity index (χ2v) is 4.97. The maximum atomic E-state index is 6.17. The summed E-state index contributed by atoms with van der Waals surface area (Å²) in [6, 6.07) is 13.3. The number of nitrogens with two attached hydrogens (primary N) is 1. The van der Waals surface area contributed by atoms with Crippen molar-refractivity contribution in [1.29, 1.82) is 0 Å². The maximum Gasteiger partial charge on any atom is 0.137 e. The van der Waals surface area contributed by atoms with Crippen LogP contribution in [-0.2, 0) is 0 Å². The van der Waals surface area contributed by atoms with Crippen LogP contribution >= 0.6 is 11.6 Å². The molecule has 112 valence electrons. The van der Waals surface area contributed by atoms with Crippen LogP contribution in [-0.4, -0.2) is 20.8 Å². The van der Waals surface area contributed by atoms with E-state index in [2.05, 4.69) is 5.32 Å². The van der Waals surface area contributed by atoms with Crippen molar-refractivity contribution >= 4 is 17.3 Å². The fourth-order valence-corrected chi connectivity index (χ4v) is 2.36. The van der Waals surface area contributed by atoms with Crippen LogP contribution in [0, 0.1) is 0 Å². The summed E-state index contributed by atoms with van der Waals surface area (Å²) in [5.74, 6) is 1.45. The second kappa shape index (κ2) is 7.20. The van der Waals surface area contributed by atoms with Gasteiger partial charge in [-0.25, -0.2) is 0 Å². The highest BCUT2D eigenvalue weighted by molar-refractivity contribution is 6.32. The molecule has 0 aromatic heterocycles. The summed E-state index contributed by atoms with van der Waals surface area (Å²) in [5.41, 5.74) is 7.82. The smallest absolute Gasteiger partial charge is 0.137 e. The zero-order valence-electron chi connectivity index (χ0n) is 12.1. The lowest BCUT2D eigenvalue weighted by Gasteiger charge is -2.20. The van der Waals surface area contributed by atoms with Gasteiger partial charge in [-0.15, -0.1) is 0 Å². The molecular weight excluding hydrogens is 288 g/mol. The average Bonchev–Trinajstić information content (AvgIpc) is 2.52. The first-order valence-electron chi connectivity index (χ1n) is 6.62. The van der Waals surface area contributed by atoms with Gasteiger partial charge in [0.25, 0.3) is 0 Å². The van der Waals surface area contributed by atoms with Crippen LogP contribution in [0.1, 0.15) is 11.6 Å². The first kappa shape index (κ1) is 15.5. The van der Waals surface area contributed by atoms with Crippen LogP contribution in [0.25, 0.3) is 0 Å². The summed E-state index contributed by atoms with van der Waals surface area (Å²) < 4.78 is 10.4. The van der Waals surface area contributed by atoms with E-state index in [0.29, 0.717) is 17.3 Å². The Morgan fingerprint density at radius 2 is 1.95 bits per heavy atom. The van der Waals surface area contributed by atoms with E-state index in [1.165, 1.54) is 0 Å². The molecule has 5 heteroatoms. The predicted molar refractivity (Wildman–Crippen MR) is 86.4 cm³/mol. The number of benzene rings is 2. The second-order valence-electron chi connectivity index (χ2n) is 4.56. The van der Waals surface area contributed by atoms with Gasteiger partial charge in [0.2, 0.25) is 0 Å². The molecule has 0 aliphatic carbocycles. The van der Waals surface area contributed by atoms with Crippen LogP contribution in [0.5, 0.6) is 11.5 Å². The van der Waals surface area contributed by atoms with E-state index in [1.54, 1.807) is 14.2 Å². The molecule has 1 unspecified atom stereocenters. The molecule has 0 heterocycles. The molecule has 1 atom stereocenters. The Morgan fingerprint density at radius 1 is 1.14 bits per heavy atom. The molecule has 0 saturated heterocycles. The van der Waals surface area contributed by atoms with Crippen molar-refractivity contribution in [3.8, 4) is 11.5 Å². The molecule has 0 fully saturated rings. The van der Waals surface area contributed by atoms with Gasteiger partial charge >= 0.3 is 0 Å². The SMILES string of the molecule is COc1cccc(NC(CN)c2ccc(OC)c(Cl)c2)c1. The summed E-state index contributed by atoms with van der Waals surface area (Å²) in [4.78, 5) is 0. The van der Waals surface area contributed by atoms with Gasteiger partial charge < -0.3 is 20.5 Å². The molecule has 0 aliphatic rings. The molecule has 0 bridgehead atoms. The highest BCUT2D eigenvalue weighted by atomic mass is 35.5. The number of hydrogen-bond acceptors (Lipinski definition) is 4. The van der Waals surface area contributed by atoms with E-state index in [-0.39, 0.29) is 6.04 Å². The maximum absolute atomic E-state index is 6.17. The molecule has 4 nitrogen and oxygen atoms in total. The topological polar surface area (TPSA) is 56.5 Å². The predicted octanol–water partition coefficient (Wildman–Crippen LogP) is 3.47. The molecular formula is C16H19ClN2O2. The Kier molecular flexibility index (Phi) is 5.31. The van der Waals surface area contributed by atoms with Crippen molar-refractivity contribution in [1.82, 2.24) is 0 Å². The van der Waals surface area contributed by atoms with Gasteiger partial charge in [-0.3, -0.25) is 0 Å². The Morgan fingerprint density at radius 3 is 2.57 bits per heavy atom. The van der Waals surface area contributed by atoms with Crippen molar-refractivity contribution in [2.75, 3.05) is 26.1 Å². The van der Waals surface area contributed by atoms with Crippen molar-refractivity contribution in [3.05, 3.63) is 53.1 Å². The third kappa shape index (κ3) is 3.80. The van der Waals surface area contributed by atoms with Crippen LogP contribution in [0.15, 0.2) is 42.5 Å². The largest absolute Gasteiger partial charge is 0.497 e. The molecule has 0 aliphatic heterocycles. The number of anilines is 1. The summed E-state index contributed by atoms with van der Waals surface area (Å²) in [6.45, 7) is 0.444. The molecule has 2 aromatic rings. The molecule has 2 aromatic carbocycles. The third-order valence-electron chi connectivity index (χ3n) is 3.22. The standard InChI is InChI=1S/C16H19ClN2O2/c1-20-13-5-3-4-12(9-13)19-15(10-18)11-6-7-16(21-2)14(17)8-11/h3-9,15,19H,10,18H2,1-2H3. The summed E-state index contributed by atoms with van der Waals surface area (Å²) in [6.07, 6.45) is 0. The van der Waals surface area contributed by atoms with E-state index in [4.69, 9.17) is 26.8 Å². The minimum atomic E-state index is -0.0412. The minimum Gasteiger partial charge on any atom is -0.497 e. The van der Waals surface area contributed by atoms with Gasteiger partial charge in [0.05, 0.1) is 25.3 Å². The fourth-order valence-electron chi connectivity index (χ4n) is 2.09. The number of methoxy groups -OCH3 is 2. The summed E-state index contributed by atoms with van der Waals surface area (Å²) in [5, 5.41) is 3.95. The van der Waals surface area contributed by atoms with E-state index >= 15 is 0 Å². The molecule has 2 rings (SSSR count). The monoisotopic (exact) mass is 306 g/mol. The average molecular weight is 307 g/mol. The minimum absolute atomic E-state index is 0.0412. The van der Waals surface area contributed by atoms with Gasteiger partial charge in [0.1, 0.15) is 11.5 Å². The van der Waals surface area contributed by atoms with Gasteiger partial charge in [0, 0.05) is 18.3 Å². The Bertz CT molecular complexity index is 605. The zero-order chi connectivity index (χ0) is 15.2. The zero-order valence-corrected chi connectivity index (χ0v) is 12.9. The number of nitrogens with one attached hydrogen (secondary N) is 1. The van der Waals surface area contributed by atoms with Crippen molar-refractivity contribution in [3.63, 3.8) is 0 Å². The van der Waals surface area contributed by atoms with E-state index in [0.717, 1.165) is 17.0 Å². The Labute approximate surface area is 129 Å². The van der Waals surface area contributed by atoms with Gasteiger partial charge in [-0.1, -0.05) is 23.7 Å². The third-order valence-corrected chi connectivity index (χ3v) is 3.52. The van der Waals surface area contributed by atoms with Crippen LogP contribution < -0.4 is 20.5 Å². The van der Waals surface area contributed by atoms with Crippen LogP contribution in [0.2, 0.25) is 5.02 Å². The van der Waals surface area contributed by atoms with E-state index < -0.39 is 0 Å². The van der Waals surface area contributed by atoms with Gasteiger partial charge in [0.15, 0.2) is 0 Å². The highest BCUT2D eigenvalue weighted by Crippen LogP contribution is 2.29. The Balaban J connectivity index is 2.21. The van der Waals surface area contributed by atoms with Gasteiger partial charge in [-0.2, -0.15) is 0 Å². The van der Waals surface area contributed by atoms with Crippen molar-refractivity contribution in [2.45, 2.75) is 6.04 Å². The van der Waals surface area contributed by atoms with Crippen LogP contribution in [0.4, 0.5) is 5.69 Å². The summed E-state index contributed by atoms with van der Waals surface area (Å²) >= 11 is 6.17. The Hall–Kier alpha value is -1.91. The van der Waals surface area contributed by atoms with E-state index in [9.17, 15) is 0 Å². The summed E-state index contributed by atoms with van der Waals surface area (Å²) in [7, 11) is 3.23. The molecule has 0 spiro atoms. The van der Waals surface area contributed by atoms with E-state index in [1.807, 2.05) is 42.5 Å². The van der Waals surface area contributed by atoms with Gasteiger partial charge in [-0.05, 0) is 29.8 Å². The first-order valence-corrected chi connectivity index (χ1v) is 6.99. The van der Waals surface area contributed by atoms with Crippen molar-refractivity contribution < 1.29 is 9.47 Å².